The van der Waals surface area contributed by atoms with E-state index < -0.39 is 11.5 Å². The normalized spacial score (nSPS) is 30.6. The first-order valence-corrected chi connectivity index (χ1v) is 6.20. The molecule has 4 N–H and O–H groups in total. The van der Waals surface area contributed by atoms with Crippen molar-refractivity contribution >= 4 is 5.97 Å². The molecule has 1 fully saturated rings. The molecular formula is C12H24N2O2. The number of aliphatic carboxylic acids is 1. The van der Waals surface area contributed by atoms with Gasteiger partial charge in [0.15, 0.2) is 0 Å². The van der Waals surface area contributed by atoms with Crippen LogP contribution in [-0.4, -0.2) is 29.7 Å². The predicted octanol–water partition coefficient (Wildman–Crippen LogP) is 1.20. The van der Waals surface area contributed by atoms with E-state index >= 15 is 0 Å². The smallest absolute Gasteiger partial charge is 0.323 e. The highest BCUT2D eigenvalue weighted by Gasteiger charge is 2.41. The Hall–Kier alpha value is -0.610. The monoisotopic (exact) mass is 228 g/mol. The summed E-state index contributed by atoms with van der Waals surface area (Å²) in [5.74, 6) is 0.608. The Bertz CT molecular complexity index is 233. The van der Waals surface area contributed by atoms with Crippen LogP contribution in [0.5, 0.6) is 0 Å². The first-order valence-electron chi connectivity index (χ1n) is 6.20. The maximum absolute atomic E-state index is 11.4. The summed E-state index contributed by atoms with van der Waals surface area (Å²) in [6, 6.07) is 0. The highest BCUT2D eigenvalue weighted by atomic mass is 16.4. The summed E-state index contributed by atoms with van der Waals surface area (Å²) < 4.78 is 0. The van der Waals surface area contributed by atoms with Crippen LogP contribution in [0.15, 0.2) is 0 Å². The summed E-state index contributed by atoms with van der Waals surface area (Å²) in [4.78, 5) is 11.4. The zero-order valence-corrected chi connectivity index (χ0v) is 10.3. The van der Waals surface area contributed by atoms with Gasteiger partial charge in [-0.2, -0.15) is 0 Å². The lowest BCUT2D eigenvalue weighted by Crippen LogP contribution is -2.55. The number of nitrogens with two attached hydrogens (primary N) is 1. The Balaban J connectivity index is 2.59. The summed E-state index contributed by atoms with van der Waals surface area (Å²) in [6.07, 6.45) is 3.46. The zero-order chi connectivity index (χ0) is 12.2. The number of nitrogens with one attached hydrogen (secondary N) is 1. The minimum atomic E-state index is -0.719. The fourth-order valence-corrected chi connectivity index (χ4v) is 2.58. The molecular weight excluding hydrogens is 204 g/mol. The lowest BCUT2D eigenvalue weighted by atomic mass is 9.73. The third-order valence-corrected chi connectivity index (χ3v) is 3.84. The topological polar surface area (TPSA) is 75.3 Å². The molecule has 0 aromatic carbocycles. The molecule has 0 saturated heterocycles. The van der Waals surface area contributed by atoms with Crippen molar-refractivity contribution in [3.63, 3.8) is 0 Å². The van der Waals surface area contributed by atoms with Crippen molar-refractivity contribution in [2.75, 3.05) is 13.1 Å². The molecule has 1 aliphatic carbocycles. The van der Waals surface area contributed by atoms with Crippen LogP contribution < -0.4 is 11.1 Å². The van der Waals surface area contributed by atoms with E-state index in [1.54, 1.807) is 0 Å². The van der Waals surface area contributed by atoms with Crippen LogP contribution in [0.25, 0.3) is 0 Å². The highest BCUT2D eigenvalue weighted by molar-refractivity contribution is 5.78. The molecule has 0 amide bonds. The summed E-state index contributed by atoms with van der Waals surface area (Å²) in [5.41, 5.74) is 4.71. The van der Waals surface area contributed by atoms with Crippen molar-refractivity contribution in [3.8, 4) is 0 Å². The second-order valence-corrected chi connectivity index (χ2v) is 5.18. The quantitative estimate of drug-likeness (QED) is 0.661. The fourth-order valence-electron chi connectivity index (χ4n) is 2.58. The van der Waals surface area contributed by atoms with Crippen LogP contribution in [-0.2, 0) is 4.79 Å². The van der Waals surface area contributed by atoms with Crippen LogP contribution in [0.1, 0.15) is 39.5 Å². The van der Waals surface area contributed by atoms with Gasteiger partial charge in [0.25, 0.3) is 0 Å². The predicted molar refractivity (Wildman–Crippen MR) is 64.2 cm³/mol. The van der Waals surface area contributed by atoms with Crippen molar-refractivity contribution in [2.24, 2.45) is 17.6 Å². The number of carbonyl (C=O) groups is 1. The Morgan fingerprint density at radius 2 is 2.06 bits per heavy atom. The molecule has 4 heteroatoms. The molecule has 0 heterocycles. The Labute approximate surface area is 97.6 Å². The minimum Gasteiger partial charge on any atom is -0.480 e. The van der Waals surface area contributed by atoms with Gasteiger partial charge < -0.3 is 16.2 Å². The van der Waals surface area contributed by atoms with E-state index in [1.807, 2.05) is 0 Å². The van der Waals surface area contributed by atoms with E-state index in [-0.39, 0.29) is 0 Å². The van der Waals surface area contributed by atoms with Gasteiger partial charge in [0.2, 0.25) is 0 Å². The van der Waals surface area contributed by atoms with Gasteiger partial charge in [0.05, 0.1) is 0 Å². The minimum absolute atomic E-state index is 0.489. The van der Waals surface area contributed by atoms with E-state index in [2.05, 4.69) is 19.2 Å². The molecule has 0 aromatic heterocycles. The Morgan fingerprint density at radius 3 is 2.44 bits per heavy atom. The molecule has 0 unspecified atom stereocenters. The van der Waals surface area contributed by atoms with E-state index in [1.165, 1.54) is 0 Å². The first kappa shape index (κ1) is 13.5. The molecule has 0 atom stereocenters. The van der Waals surface area contributed by atoms with E-state index in [9.17, 15) is 9.90 Å². The van der Waals surface area contributed by atoms with Crippen LogP contribution in [0.3, 0.4) is 0 Å². The van der Waals surface area contributed by atoms with E-state index in [0.29, 0.717) is 24.9 Å². The summed E-state index contributed by atoms with van der Waals surface area (Å²) >= 11 is 0. The zero-order valence-electron chi connectivity index (χ0n) is 10.3. The molecule has 1 saturated carbocycles. The summed E-state index contributed by atoms with van der Waals surface area (Å²) in [5, 5.41) is 12.5. The first-order chi connectivity index (χ1) is 7.52. The van der Waals surface area contributed by atoms with Crippen LogP contribution in [0.2, 0.25) is 0 Å². The molecule has 1 rings (SSSR count). The molecule has 16 heavy (non-hydrogen) atoms. The lowest BCUT2D eigenvalue weighted by molar-refractivity contribution is -0.147. The maximum atomic E-state index is 11.4. The molecule has 0 bridgehead atoms. The van der Waals surface area contributed by atoms with Crippen molar-refractivity contribution in [1.29, 1.82) is 0 Å². The van der Waals surface area contributed by atoms with Gasteiger partial charge in [-0.05, 0) is 37.5 Å². The van der Waals surface area contributed by atoms with Crippen molar-refractivity contribution in [2.45, 2.75) is 45.1 Å². The molecule has 94 valence electrons. The highest BCUT2D eigenvalue weighted by Crippen LogP contribution is 2.35. The van der Waals surface area contributed by atoms with Crippen molar-refractivity contribution in [3.05, 3.63) is 0 Å². The molecule has 0 radical (unpaired) electrons. The van der Waals surface area contributed by atoms with Gasteiger partial charge in [0, 0.05) is 13.1 Å². The third-order valence-electron chi connectivity index (χ3n) is 3.84. The van der Waals surface area contributed by atoms with Gasteiger partial charge in [-0.3, -0.25) is 4.79 Å². The van der Waals surface area contributed by atoms with Gasteiger partial charge in [-0.25, -0.2) is 0 Å². The van der Waals surface area contributed by atoms with Crippen LogP contribution >= 0.6 is 0 Å². The van der Waals surface area contributed by atoms with Crippen LogP contribution in [0.4, 0.5) is 0 Å². The summed E-state index contributed by atoms with van der Waals surface area (Å²) in [6.45, 7) is 5.50. The third kappa shape index (κ3) is 2.95. The number of carboxylic acids is 1. The van der Waals surface area contributed by atoms with Gasteiger partial charge in [-0.1, -0.05) is 13.8 Å². The van der Waals surface area contributed by atoms with Gasteiger partial charge in [-0.15, -0.1) is 0 Å². The Morgan fingerprint density at radius 1 is 1.50 bits per heavy atom. The van der Waals surface area contributed by atoms with Crippen molar-refractivity contribution < 1.29 is 9.90 Å². The van der Waals surface area contributed by atoms with E-state index in [4.69, 9.17) is 5.73 Å². The maximum Gasteiger partial charge on any atom is 0.323 e. The largest absolute Gasteiger partial charge is 0.480 e. The average molecular weight is 228 g/mol. The van der Waals surface area contributed by atoms with Crippen molar-refractivity contribution in [1.82, 2.24) is 5.32 Å². The number of carboxylic acid groups (broad SMARTS) is 1. The fraction of sp³-hybridized carbons (Fsp3) is 0.917. The Kier molecular flexibility index (Phi) is 4.74. The molecule has 4 nitrogen and oxygen atoms in total. The molecule has 0 spiro atoms. The average Bonchev–Trinajstić information content (AvgIpc) is 2.26. The second-order valence-electron chi connectivity index (χ2n) is 5.18. The SMILES string of the molecule is CC(C)C1CCC(NCCN)(C(=O)O)CC1. The van der Waals surface area contributed by atoms with Crippen LogP contribution in [0, 0.1) is 11.8 Å². The van der Waals surface area contributed by atoms with E-state index in [0.717, 1.165) is 25.7 Å². The number of rotatable bonds is 5. The van der Waals surface area contributed by atoms with Gasteiger partial charge >= 0.3 is 5.97 Å². The van der Waals surface area contributed by atoms with Gasteiger partial charge in [0.1, 0.15) is 5.54 Å². The molecule has 0 aromatic rings. The second kappa shape index (κ2) is 5.64. The number of hydrogen-bond acceptors (Lipinski definition) is 3. The summed E-state index contributed by atoms with van der Waals surface area (Å²) in [7, 11) is 0. The number of hydrogen-bond donors (Lipinski definition) is 3. The standard InChI is InChI=1S/C12H24N2O2/c1-9(2)10-3-5-12(6-4-10,11(15)16)14-8-7-13/h9-10,14H,3-8,13H2,1-2H3,(H,15,16). The molecule has 1 aliphatic rings. The lowest BCUT2D eigenvalue weighted by Gasteiger charge is -2.38. The molecule has 0 aliphatic heterocycles.